The highest BCUT2D eigenvalue weighted by Crippen LogP contribution is 2.33. The van der Waals surface area contributed by atoms with Gasteiger partial charge in [0.05, 0.1) is 11.4 Å². The van der Waals surface area contributed by atoms with Crippen LogP contribution >= 0.6 is 11.6 Å². The van der Waals surface area contributed by atoms with Crippen molar-refractivity contribution in [2.75, 3.05) is 11.4 Å². The zero-order valence-corrected chi connectivity index (χ0v) is 15.7. The molecule has 28 heavy (non-hydrogen) atoms. The molecule has 0 aliphatic carbocycles. The Labute approximate surface area is 164 Å². The van der Waals surface area contributed by atoms with Gasteiger partial charge in [-0.1, -0.05) is 28.0 Å². The van der Waals surface area contributed by atoms with Gasteiger partial charge in [0.15, 0.2) is 0 Å². The molecule has 4 aromatic rings. The van der Waals surface area contributed by atoms with Crippen molar-refractivity contribution >= 4 is 34.2 Å². The fourth-order valence-electron chi connectivity index (χ4n) is 3.46. The van der Waals surface area contributed by atoms with Crippen LogP contribution in [0.15, 0.2) is 47.0 Å². The van der Waals surface area contributed by atoms with Crippen molar-refractivity contribution in [1.29, 1.82) is 0 Å². The first-order valence-electron chi connectivity index (χ1n) is 8.78. The van der Waals surface area contributed by atoms with Crippen LogP contribution in [-0.2, 0) is 11.8 Å². The molecule has 0 spiro atoms. The van der Waals surface area contributed by atoms with Gasteiger partial charge in [-0.15, -0.1) is 5.10 Å². The van der Waals surface area contributed by atoms with Crippen LogP contribution in [0.25, 0.3) is 22.4 Å². The van der Waals surface area contributed by atoms with Crippen molar-refractivity contribution in [3.05, 3.63) is 53.4 Å². The summed E-state index contributed by atoms with van der Waals surface area (Å²) in [5, 5.41) is 12.8. The highest BCUT2D eigenvalue weighted by Gasteiger charge is 2.35. The molecule has 3 heterocycles. The van der Waals surface area contributed by atoms with Crippen molar-refractivity contribution in [2.45, 2.75) is 12.3 Å². The second-order valence-electron chi connectivity index (χ2n) is 6.76. The molecule has 0 N–H and O–H groups in total. The minimum Gasteiger partial charge on any atom is -0.339 e. The van der Waals surface area contributed by atoms with E-state index in [2.05, 4.69) is 20.5 Å². The van der Waals surface area contributed by atoms with Gasteiger partial charge in [0.2, 0.25) is 17.6 Å². The molecule has 5 rings (SSSR count). The van der Waals surface area contributed by atoms with Gasteiger partial charge in [0, 0.05) is 36.3 Å². The summed E-state index contributed by atoms with van der Waals surface area (Å²) in [6.45, 7) is 0.476. The molecule has 1 unspecified atom stereocenters. The molecule has 1 amide bonds. The third-order valence-electron chi connectivity index (χ3n) is 4.90. The molecule has 0 bridgehead atoms. The molecule has 0 saturated carbocycles. The lowest BCUT2D eigenvalue weighted by Gasteiger charge is -2.16. The van der Waals surface area contributed by atoms with E-state index in [4.69, 9.17) is 16.1 Å². The quantitative estimate of drug-likeness (QED) is 0.530. The summed E-state index contributed by atoms with van der Waals surface area (Å²) in [6.07, 6.45) is 0.317. The lowest BCUT2D eigenvalue weighted by molar-refractivity contribution is -0.117. The van der Waals surface area contributed by atoms with E-state index in [1.807, 2.05) is 37.4 Å². The second kappa shape index (κ2) is 6.42. The van der Waals surface area contributed by atoms with Crippen molar-refractivity contribution < 1.29 is 9.32 Å². The predicted octanol–water partition coefficient (Wildman–Crippen LogP) is 3.19. The van der Waals surface area contributed by atoms with Crippen LogP contribution in [0, 0.1) is 0 Å². The van der Waals surface area contributed by atoms with Gasteiger partial charge in [-0.2, -0.15) is 4.98 Å². The van der Waals surface area contributed by atoms with E-state index in [-0.39, 0.29) is 11.8 Å². The Hall–Kier alpha value is -3.26. The van der Waals surface area contributed by atoms with Crippen LogP contribution in [0.2, 0.25) is 5.02 Å². The van der Waals surface area contributed by atoms with Gasteiger partial charge in [0.1, 0.15) is 5.52 Å². The zero-order chi connectivity index (χ0) is 19.3. The third kappa shape index (κ3) is 2.82. The Morgan fingerprint density at radius 1 is 1.21 bits per heavy atom. The number of amides is 1. The van der Waals surface area contributed by atoms with Crippen LogP contribution in [-0.4, -0.2) is 37.6 Å². The summed E-state index contributed by atoms with van der Waals surface area (Å²) in [4.78, 5) is 18.7. The number of hydrogen-bond acceptors (Lipinski definition) is 6. The lowest BCUT2D eigenvalue weighted by Crippen LogP contribution is -2.24. The molecule has 8 nitrogen and oxygen atoms in total. The molecule has 2 aromatic carbocycles. The Morgan fingerprint density at radius 3 is 2.96 bits per heavy atom. The first kappa shape index (κ1) is 16.9. The van der Waals surface area contributed by atoms with Gasteiger partial charge in [0.25, 0.3) is 0 Å². The Bertz CT molecular complexity index is 1200. The number of fused-ring (bicyclic) bond motifs is 1. The summed E-state index contributed by atoms with van der Waals surface area (Å²) in [5.74, 6) is 0.768. The van der Waals surface area contributed by atoms with Crippen molar-refractivity contribution in [3.8, 4) is 11.4 Å². The predicted molar refractivity (Wildman–Crippen MR) is 103 cm³/mol. The first-order valence-corrected chi connectivity index (χ1v) is 9.15. The largest absolute Gasteiger partial charge is 0.339 e. The van der Waals surface area contributed by atoms with Gasteiger partial charge in [-0.25, -0.2) is 4.68 Å². The maximum absolute atomic E-state index is 12.5. The molecule has 140 valence electrons. The number of carbonyl (C=O) groups is 1. The van der Waals surface area contributed by atoms with Crippen molar-refractivity contribution in [3.63, 3.8) is 0 Å². The van der Waals surface area contributed by atoms with E-state index in [1.165, 1.54) is 0 Å². The van der Waals surface area contributed by atoms with Gasteiger partial charge >= 0.3 is 0 Å². The van der Waals surface area contributed by atoms with E-state index in [0.29, 0.717) is 29.7 Å². The Kier molecular flexibility index (Phi) is 3.87. The maximum atomic E-state index is 12.5. The summed E-state index contributed by atoms with van der Waals surface area (Å²) in [5.41, 5.74) is 3.24. The molecule has 0 radical (unpaired) electrons. The average molecular weight is 395 g/mol. The number of rotatable bonds is 3. The van der Waals surface area contributed by atoms with Gasteiger partial charge < -0.3 is 9.42 Å². The number of carbonyl (C=O) groups excluding carboxylic acids is 1. The van der Waals surface area contributed by atoms with E-state index < -0.39 is 0 Å². The second-order valence-corrected chi connectivity index (χ2v) is 7.19. The number of anilines is 1. The summed E-state index contributed by atoms with van der Waals surface area (Å²) in [7, 11) is 1.84. The molecule has 1 fully saturated rings. The first-order chi connectivity index (χ1) is 13.6. The van der Waals surface area contributed by atoms with Crippen LogP contribution in [0.5, 0.6) is 0 Å². The number of aromatic nitrogens is 5. The van der Waals surface area contributed by atoms with Crippen LogP contribution < -0.4 is 4.90 Å². The summed E-state index contributed by atoms with van der Waals surface area (Å²) in [6, 6.07) is 12.9. The summed E-state index contributed by atoms with van der Waals surface area (Å²) >= 11 is 6.05. The Morgan fingerprint density at radius 2 is 2.11 bits per heavy atom. The fourth-order valence-corrected chi connectivity index (χ4v) is 3.65. The number of hydrogen-bond donors (Lipinski definition) is 0. The van der Waals surface area contributed by atoms with Crippen LogP contribution in [0.1, 0.15) is 18.2 Å². The SMILES string of the molecule is Cn1nnc2cc(-c3noc(C4CC(=O)N(c5cccc(Cl)c5)C4)n3)ccc21. The third-order valence-corrected chi connectivity index (χ3v) is 5.14. The number of nitrogens with zero attached hydrogens (tertiary/aromatic N) is 6. The standard InChI is InChI=1S/C19H15ClN6O2/c1-25-16-6-5-11(7-15(16)22-24-25)18-21-19(28-23-18)12-8-17(27)26(10-12)14-4-2-3-13(20)9-14/h2-7,9,12H,8,10H2,1H3. The minimum atomic E-state index is -0.159. The van der Waals surface area contributed by atoms with Crippen molar-refractivity contribution in [1.82, 2.24) is 25.1 Å². The van der Waals surface area contributed by atoms with Crippen LogP contribution in [0.3, 0.4) is 0 Å². The summed E-state index contributed by atoms with van der Waals surface area (Å²) < 4.78 is 7.17. The fraction of sp³-hybridized carbons (Fsp3) is 0.211. The Balaban J connectivity index is 1.40. The number of aryl methyl sites for hydroxylation is 1. The number of benzene rings is 2. The highest BCUT2D eigenvalue weighted by atomic mass is 35.5. The van der Waals surface area contributed by atoms with Gasteiger partial charge in [-0.3, -0.25) is 4.79 Å². The smallest absolute Gasteiger partial charge is 0.232 e. The monoisotopic (exact) mass is 394 g/mol. The molecular formula is C19H15ClN6O2. The molecule has 1 saturated heterocycles. The zero-order valence-electron chi connectivity index (χ0n) is 14.9. The topological polar surface area (TPSA) is 89.9 Å². The normalized spacial score (nSPS) is 17.0. The van der Waals surface area contributed by atoms with Crippen LogP contribution in [0.4, 0.5) is 5.69 Å². The van der Waals surface area contributed by atoms with E-state index >= 15 is 0 Å². The van der Waals surface area contributed by atoms with Crippen molar-refractivity contribution in [2.24, 2.45) is 7.05 Å². The van der Waals surface area contributed by atoms with E-state index in [0.717, 1.165) is 22.3 Å². The van der Waals surface area contributed by atoms with E-state index in [9.17, 15) is 4.79 Å². The highest BCUT2D eigenvalue weighted by molar-refractivity contribution is 6.30. The molecule has 1 aliphatic rings. The molecular weight excluding hydrogens is 380 g/mol. The molecule has 1 atom stereocenters. The van der Waals surface area contributed by atoms with Gasteiger partial charge in [-0.05, 0) is 36.4 Å². The maximum Gasteiger partial charge on any atom is 0.232 e. The van der Waals surface area contributed by atoms with E-state index in [1.54, 1.807) is 21.7 Å². The molecule has 1 aliphatic heterocycles. The molecule has 2 aromatic heterocycles. The molecule has 9 heteroatoms. The average Bonchev–Trinajstić information content (AvgIpc) is 3.40. The number of halogens is 1. The minimum absolute atomic E-state index is 0.00740. The lowest BCUT2D eigenvalue weighted by atomic mass is 10.1.